The van der Waals surface area contributed by atoms with E-state index in [4.69, 9.17) is 103 Å². The number of phosphoric ester groups is 2. The van der Waals surface area contributed by atoms with E-state index >= 15 is 4.57 Å². The molecule has 0 spiro atoms. The van der Waals surface area contributed by atoms with Crippen molar-refractivity contribution in [3.8, 4) is 0 Å². The summed E-state index contributed by atoms with van der Waals surface area (Å²) in [4.78, 5) is 40.7. The van der Waals surface area contributed by atoms with Crippen molar-refractivity contribution in [1.82, 2.24) is 5.32 Å². The summed E-state index contributed by atoms with van der Waals surface area (Å²) in [6, 6.07) is 55.5. The highest BCUT2D eigenvalue weighted by Crippen LogP contribution is 2.53. The topological polar surface area (TPSA) is 376 Å². The number of rotatable bonds is 51. The molecule has 6 saturated heterocycles. The summed E-state index contributed by atoms with van der Waals surface area (Å²) in [5, 5.41) is 21.3. The summed E-state index contributed by atoms with van der Waals surface area (Å²) in [6.45, 7) is 31.3. The van der Waals surface area contributed by atoms with E-state index in [0.29, 0.717) is 19.3 Å². The minimum absolute atomic E-state index is 0.00116. The van der Waals surface area contributed by atoms with Gasteiger partial charge in [0.2, 0.25) is 5.91 Å². The first-order valence-corrected chi connectivity index (χ1v) is 54.4. The minimum atomic E-state index is -5.07. The lowest BCUT2D eigenvalue weighted by Gasteiger charge is -2.53. The second kappa shape index (κ2) is 55.2. The van der Waals surface area contributed by atoms with Crippen LogP contribution in [0.5, 0.6) is 0 Å². The summed E-state index contributed by atoms with van der Waals surface area (Å²) >= 11 is 0. The second-order valence-electron chi connectivity index (χ2n) is 39.8. The van der Waals surface area contributed by atoms with Crippen LogP contribution in [-0.2, 0) is 157 Å². The fourth-order valence-corrected chi connectivity index (χ4v) is 22.5. The summed E-state index contributed by atoms with van der Waals surface area (Å²) in [6.07, 6.45) is -19.8. The number of carbonyl (C=O) groups is 1. The smallest absolute Gasteiger partial charge is 0.387 e. The van der Waals surface area contributed by atoms with Gasteiger partial charge in [-0.3, -0.25) is 22.9 Å². The van der Waals surface area contributed by atoms with E-state index in [9.17, 15) is 29.8 Å². The minimum Gasteiger partial charge on any atom is -0.387 e. The molecule has 0 bridgehead atoms. The Kier molecular flexibility index (Phi) is 43.8. The molecule has 142 heavy (non-hydrogen) atoms. The van der Waals surface area contributed by atoms with Gasteiger partial charge in [-0.05, 0) is 106 Å². The highest BCUT2D eigenvalue weighted by Gasteiger charge is 2.60. The van der Waals surface area contributed by atoms with Crippen molar-refractivity contribution < 1.29 is 132 Å². The lowest BCUT2D eigenvalue weighted by atomic mass is 9.78. The molecule has 4 N–H and O–H groups in total. The number of nitrogens with zero attached hydrogens (tertiary/aromatic N) is 3. The van der Waals surface area contributed by atoms with Crippen LogP contribution >= 0.6 is 15.6 Å². The largest absolute Gasteiger partial charge is 0.472 e. The molecule has 32 nitrogen and oxygen atoms in total. The molecule has 6 aromatic carbocycles. The van der Waals surface area contributed by atoms with E-state index < -0.39 is 181 Å². The summed E-state index contributed by atoms with van der Waals surface area (Å²) in [5.41, 5.74) is 16.2. The van der Waals surface area contributed by atoms with Gasteiger partial charge in [-0.15, -0.1) is 0 Å². The molecule has 786 valence electrons. The maximum Gasteiger partial charge on any atom is 0.472 e. The number of hydrogen-bond acceptors (Lipinski definition) is 27. The van der Waals surface area contributed by atoms with E-state index in [1.807, 2.05) is 230 Å². The third kappa shape index (κ3) is 30.5. The van der Waals surface area contributed by atoms with Gasteiger partial charge in [-0.25, -0.2) is 9.13 Å². The molecule has 1 aliphatic carbocycles. The van der Waals surface area contributed by atoms with Crippen molar-refractivity contribution in [2.45, 2.75) is 349 Å². The van der Waals surface area contributed by atoms with Crippen LogP contribution in [-0.4, -0.2) is 214 Å². The zero-order valence-corrected chi connectivity index (χ0v) is 87.1. The fraction of sp³-hybridized carbons (Fsp3) is 0.657. The predicted molar refractivity (Wildman–Crippen MR) is 529 cm³/mol. The second-order valence-corrected chi connectivity index (χ2v) is 42.7. The summed E-state index contributed by atoms with van der Waals surface area (Å²) in [7, 11) is -9.60. The van der Waals surface area contributed by atoms with Crippen LogP contribution in [0.4, 0.5) is 0 Å². The van der Waals surface area contributed by atoms with Crippen LogP contribution < -0.4 is 5.32 Å². The number of unbranched alkanes of at least 4 members (excludes halogenated alkanes) is 3. The Bertz CT molecular complexity index is 4810. The van der Waals surface area contributed by atoms with Gasteiger partial charge >= 0.3 is 15.6 Å². The third-order valence-electron chi connectivity index (χ3n) is 29.9. The first-order chi connectivity index (χ1) is 68.5. The average Bonchev–Trinajstić information content (AvgIpc) is 0.752. The van der Waals surface area contributed by atoms with Crippen molar-refractivity contribution in [1.29, 1.82) is 0 Å². The molecular weight excluding hydrogens is 1860 g/mol. The van der Waals surface area contributed by atoms with Crippen molar-refractivity contribution in [2.24, 2.45) is 70.2 Å². The van der Waals surface area contributed by atoms with Gasteiger partial charge in [-0.2, -0.15) is 0 Å². The molecule has 6 aromatic rings. The quantitative estimate of drug-likeness (QED) is 0.00906. The van der Waals surface area contributed by atoms with Crippen LogP contribution in [0.1, 0.15) is 189 Å². The Labute approximate surface area is 839 Å². The van der Waals surface area contributed by atoms with Crippen LogP contribution in [0.15, 0.2) is 187 Å². The monoisotopic (exact) mass is 2020 g/mol. The zero-order chi connectivity index (χ0) is 101. The number of aliphatic hydroxyl groups is 1. The number of hydrogen-bond donors (Lipinski definition) is 4. The Morgan fingerprint density at radius 1 is 0.352 bits per heavy atom. The van der Waals surface area contributed by atoms with Gasteiger partial charge in [0.05, 0.1) is 140 Å². The van der Waals surface area contributed by atoms with Gasteiger partial charge in [0.15, 0.2) is 37.7 Å². The Morgan fingerprint density at radius 3 is 1.27 bits per heavy atom. The van der Waals surface area contributed by atoms with Crippen LogP contribution in [0.2, 0.25) is 0 Å². The first kappa shape index (κ1) is 113. The van der Waals surface area contributed by atoms with Crippen molar-refractivity contribution >= 4 is 21.6 Å². The molecule has 7 fully saturated rings. The van der Waals surface area contributed by atoms with Crippen molar-refractivity contribution in [3.05, 3.63) is 226 Å². The molecule has 17 unspecified atom stereocenters. The van der Waals surface area contributed by atoms with Crippen LogP contribution in [0, 0.1) is 65.1 Å². The molecule has 7 aliphatic rings. The zero-order valence-electron chi connectivity index (χ0n) is 85.3. The molecule has 38 atom stereocenters. The number of ether oxygens (including phenoxy) is 18. The van der Waals surface area contributed by atoms with E-state index in [0.717, 1.165) is 59.1 Å². The van der Waals surface area contributed by atoms with Gasteiger partial charge in [-0.1, -0.05) is 310 Å². The van der Waals surface area contributed by atoms with E-state index in [2.05, 4.69) is 63.8 Å². The molecular formula is C108H156N4O28P2. The van der Waals surface area contributed by atoms with Gasteiger partial charge in [0, 0.05) is 35.5 Å². The molecule has 1 saturated carbocycles. The normalized spacial score (nSPS) is 35.9. The standard InChI is InChI=1S/C108H156N4O28P2/c1-17-21-22-41-55-127-142(117,118)140-102-97(76(15)96(121-58-80-46-33-25-34-47-80)100(123-60-82-50-37-27-38-51-82)101(102)124-61-83-52-39-28-40-53-83)138-105-91(111-112-109)74(13)94(88(133-105)63-120-57-79-44-31-24-32-45-79)137-106-92(114)75(14)95(136-104-90(110-77(16)113)73(12)93(87(132-104)62-119-56-78-42-29-23-30-43-78)135-103-72(11)66(5)67(6)84(19-3)129-103)89(134-106)64-125-107-99(71(10)68(7)85(20-4)130-107)139-108-98(122-59-81-48-35-26-36-49-81)70(9)69(8)86(131-108)65-128-141(115,116)126-54-18-2/h23-40,42-53,66-76,84-108,114H,17-22,41,54-65H2,1-16H3,(H,110,113)(H,115,116)(H,117,118)/t66-,67-,68-,69-,70-,71-,72?,73+,74+,75+,76?,84?,85?,86?,87?,88?,89?,90?,91?,92?,93+,94-,95-,96?,97+,98?,99?,100+,101?,102-,103+,104-,105+,106+,107-,108+/m0/s1. The van der Waals surface area contributed by atoms with E-state index in [1.165, 1.54) is 6.92 Å². The first-order valence-electron chi connectivity index (χ1n) is 51.4. The lowest BCUT2D eigenvalue weighted by Crippen LogP contribution is -2.66. The molecule has 1 amide bonds. The maximum atomic E-state index is 15.1. The molecule has 0 radical (unpaired) electrons. The predicted octanol–water partition coefficient (Wildman–Crippen LogP) is 19.1. The molecule has 6 aliphatic heterocycles. The van der Waals surface area contributed by atoms with Crippen LogP contribution in [0.3, 0.4) is 0 Å². The summed E-state index contributed by atoms with van der Waals surface area (Å²) < 4.78 is 181. The van der Waals surface area contributed by atoms with Gasteiger partial charge in [0.1, 0.15) is 54.9 Å². The number of azide groups is 1. The highest BCUT2D eigenvalue weighted by molar-refractivity contribution is 7.47. The summed E-state index contributed by atoms with van der Waals surface area (Å²) in [5.74, 6) is -4.38. The van der Waals surface area contributed by atoms with Crippen molar-refractivity contribution in [2.75, 3.05) is 39.6 Å². The van der Waals surface area contributed by atoms with E-state index in [-0.39, 0.29) is 139 Å². The SMILES string of the molecule is CCCCCCOP(=O)(O)O[C@@H]1C(OCc2ccccc2)[C@H](OCc2ccccc2)C(OCc2ccccc2)C(C)[C@H]1O[C@H]1OC(COCc2ccccc2)[C@@H](O[C@H]2OC(CO[C@H]3OC(CC)[C@@H](C)[C@H](C)C3O[C@H]3OC(COP(=O)(O)OCCC)[C@@H](C)[C@H](C)C3OCc3ccccc3)[C@@H](O[C@@H]3OC(COCc4ccccc4)[C@H](O[C@H]4OC(CC)[C@@H](C)[C@H](C)C4C)[C@H](C)C3NC(C)=O)[C@H](C)C2O)[C@H](C)C1N=[N+]=[N-]. The number of amides is 1. The van der Waals surface area contributed by atoms with Gasteiger partial charge in [0.25, 0.3) is 0 Å². The van der Waals surface area contributed by atoms with E-state index in [1.54, 1.807) is 6.92 Å². The van der Waals surface area contributed by atoms with Crippen LogP contribution in [0.25, 0.3) is 10.4 Å². The highest BCUT2D eigenvalue weighted by atomic mass is 31.2. The Morgan fingerprint density at radius 2 is 0.761 bits per heavy atom. The third-order valence-corrected chi connectivity index (χ3v) is 32.0. The number of carbonyl (C=O) groups excluding carboxylic acids is 1. The van der Waals surface area contributed by atoms with Crippen molar-refractivity contribution in [3.63, 3.8) is 0 Å². The lowest BCUT2D eigenvalue weighted by molar-refractivity contribution is -0.376. The number of aliphatic hydroxyl groups excluding tert-OH is 1. The molecule has 6 heterocycles. The molecule has 34 heteroatoms. The number of nitrogens with one attached hydrogen (secondary N) is 1. The average molecular weight is 2020 g/mol. The fourth-order valence-electron chi connectivity index (χ4n) is 20.7. The number of benzene rings is 6. The number of phosphoric acid groups is 2. The Hall–Kier alpha value is -6.44. The molecule has 13 rings (SSSR count). The Balaban J connectivity index is 0.881. The van der Waals surface area contributed by atoms with Gasteiger partial charge < -0.3 is 105 Å². The molecule has 0 aromatic heterocycles. The maximum absolute atomic E-state index is 15.1.